The molecule has 1 unspecified atom stereocenters. The van der Waals surface area contributed by atoms with Crippen LogP contribution in [0.15, 0.2) is 79.7 Å². The first-order valence-corrected chi connectivity index (χ1v) is 13.4. The zero-order chi connectivity index (χ0) is 26.6. The molecule has 2 aromatic carbocycles. The summed E-state index contributed by atoms with van der Waals surface area (Å²) < 4.78 is 2.13. The van der Waals surface area contributed by atoms with Gasteiger partial charge in [0.05, 0.1) is 30.6 Å². The van der Waals surface area contributed by atoms with E-state index in [0.717, 1.165) is 53.8 Å². The van der Waals surface area contributed by atoms with Gasteiger partial charge in [0.1, 0.15) is 0 Å². The molecular weight excluding hydrogens is 458 g/mol. The summed E-state index contributed by atoms with van der Waals surface area (Å²) in [7, 11) is 0. The van der Waals surface area contributed by atoms with Gasteiger partial charge in [0, 0.05) is 12.2 Å². The highest BCUT2D eigenvalue weighted by Gasteiger charge is 2.30. The SMILES string of the molecule is C=C/C=C\c1ncn(Cc2ccc(C(C(=O)N[C@@H](CO)c3ccccc3)C(CCC)CCC)cc2)c1C. The summed E-state index contributed by atoms with van der Waals surface area (Å²) in [6, 6.07) is 17.7. The van der Waals surface area contributed by atoms with E-state index >= 15 is 0 Å². The third-order valence-corrected chi connectivity index (χ3v) is 6.99. The van der Waals surface area contributed by atoms with Crippen molar-refractivity contribution in [3.63, 3.8) is 0 Å². The molecule has 0 aliphatic heterocycles. The van der Waals surface area contributed by atoms with Gasteiger partial charge in [0.15, 0.2) is 0 Å². The Labute approximate surface area is 222 Å². The zero-order valence-electron chi connectivity index (χ0n) is 22.4. The summed E-state index contributed by atoms with van der Waals surface area (Å²) in [6.07, 6.45) is 11.5. The van der Waals surface area contributed by atoms with Crippen molar-refractivity contribution in [1.82, 2.24) is 14.9 Å². The molecule has 5 heteroatoms. The molecule has 0 bridgehead atoms. The van der Waals surface area contributed by atoms with Crippen LogP contribution in [0.4, 0.5) is 0 Å². The first-order valence-electron chi connectivity index (χ1n) is 13.4. The van der Waals surface area contributed by atoms with Crippen LogP contribution in [0.25, 0.3) is 6.08 Å². The molecule has 0 saturated heterocycles. The normalized spacial score (nSPS) is 13.1. The van der Waals surface area contributed by atoms with Gasteiger partial charge in [-0.1, -0.05) is 100 Å². The molecule has 1 amide bonds. The molecule has 0 saturated carbocycles. The minimum atomic E-state index is -0.423. The summed E-state index contributed by atoms with van der Waals surface area (Å²) >= 11 is 0. The predicted molar refractivity (Wildman–Crippen MR) is 152 cm³/mol. The number of benzene rings is 2. The minimum absolute atomic E-state index is 0.0216. The van der Waals surface area contributed by atoms with Gasteiger partial charge in [0.2, 0.25) is 5.91 Å². The second-order valence-corrected chi connectivity index (χ2v) is 9.65. The van der Waals surface area contributed by atoms with Gasteiger partial charge in [-0.3, -0.25) is 4.79 Å². The number of carbonyl (C=O) groups excluding carboxylic acids is 1. The Hall–Kier alpha value is -3.44. The third-order valence-electron chi connectivity index (χ3n) is 6.99. The van der Waals surface area contributed by atoms with E-state index in [1.807, 2.05) is 48.8 Å². The summed E-state index contributed by atoms with van der Waals surface area (Å²) in [5, 5.41) is 13.2. The van der Waals surface area contributed by atoms with Gasteiger partial charge < -0.3 is 15.0 Å². The number of aromatic nitrogens is 2. The van der Waals surface area contributed by atoms with Gasteiger partial charge in [-0.05, 0) is 48.4 Å². The number of aliphatic hydroxyl groups excluding tert-OH is 1. The number of nitrogens with zero attached hydrogens (tertiary/aromatic N) is 2. The van der Waals surface area contributed by atoms with Crippen LogP contribution < -0.4 is 5.32 Å². The summed E-state index contributed by atoms with van der Waals surface area (Å²) in [5.41, 5.74) is 5.12. The number of aliphatic hydroxyl groups is 1. The molecule has 0 spiro atoms. The Bertz CT molecular complexity index is 1140. The van der Waals surface area contributed by atoms with E-state index in [1.165, 1.54) is 0 Å². The number of allylic oxidation sites excluding steroid dienone is 2. The summed E-state index contributed by atoms with van der Waals surface area (Å²) in [6.45, 7) is 10.7. The van der Waals surface area contributed by atoms with Crippen LogP contribution in [0.5, 0.6) is 0 Å². The Balaban J connectivity index is 1.85. The molecule has 3 aromatic rings. The Morgan fingerprint density at radius 1 is 1.05 bits per heavy atom. The number of carbonyl (C=O) groups is 1. The van der Waals surface area contributed by atoms with Crippen LogP contribution in [0, 0.1) is 12.8 Å². The van der Waals surface area contributed by atoms with E-state index in [1.54, 1.807) is 6.08 Å². The second-order valence-electron chi connectivity index (χ2n) is 9.65. The highest BCUT2D eigenvalue weighted by Crippen LogP contribution is 2.33. The molecule has 1 aromatic heterocycles. The maximum Gasteiger partial charge on any atom is 0.228 e. The fourth-order valence-electron chi connectivity index (χ4n) is 5.01. The van der Waals surface area contributed by atoms with Gasteiger partial charge in [-0.2, -0.15) is 0 Å². The zero-order valence-corrected chi connectivity index (χ0v) is 22.4. The van der Waals surface area contributed by atoms with E-state index in [2.05, 4.69) is 66.5 Å². The number of hydrogen-bond acceptors (Lipinski definition) is 3. The minimum Gasteiger partial charge on any atom is -0.394 e. The molecule has 0 aliphatic rings. The molecule has 0 radical (unpaired) electrons. The fraction of sp³-hybridized carbons (Fsp3) is 0.375. The van der Waals surface area contributed by atoms with Gasteiger partial charge in [-0.15, -0.1) is 0 Å². The van der Waals surface area contributed by atoms with Crippen LogP contribution in [0.3, 0.4) is 0 Å². The summed E-state index contributed by atoms with van der Waals surface area (Å²) in [5.74, 6) is -0.0462. The quantitative estimate of drug-likeness (QED) is 0.246. The molecule has 5 nitrogen and oxygen atoms in total. The lowest BCUT2D eigenvalue weighted by Gasteiger charge is -2.29. The van der Waals surface area contributed by atoms with E-state index in [9.17, 15) is 9.90 Å². The van der Waals surface area contributed by atoms with Crippen molar-refractivity contribution >= 4 is 12.0 Å². The molecule has 196 valence electrons. The molecule has 1 heterocycles. The number of amides is 1. The summed E-state index contributed by atoms with van der Waals surface area (Å²) in [4.78, 5) is 18.2. The van der Waals surface area contributed by atoms with Gasteiger partial charge in [0.25, 0.3) is 0 Å². The highest BCUT2D eigenvalue weighted by molar-refractivity contribution is 5.84. The topological polar surface area (TPSA) is 67.2 Å². The maximum absolute atomic E-state index is 13.7. The van der Waals surface area contributed by atoms with E-state index in [4.69, 9.17) is 0 Å². The lowest BCUT2D eigenvalue weighted by Crippen LogP contribution is -2.37. The predicted octanol–water partition coefficient (Wildman–Crippen LogP) is 6.59. The molecular formula is C32H41N3O2. The largest absolute Gasteiger partial charge is 0.394 e. The lowest BCUT2D eigenvalue weighted by atomic mass is 9.79. The van der Waals surface area contributed by atoms with Crippen molar-refractivity contribution in [3.8, 4) is 0 Å². The smallest absolute Gasteiger partial charge is 0.228 e. The van der Waals surface area contributed by atoms with Crippen molar-refractivity contribution < 1.29 is 9.90 Å². The molecule has 0 aliphatic carbocycles. The van der Waals surface area contributed by atoms with Crippen LogP contribution in [-0.4, -0.2) is 27.2 Å². The first-order chi connectivity index (χ1) is 18.0. The molecule has 3 rings (SSSR count). The van der Waals surface area contributed by atoms with E-state index < -0.39 is 6.04 Å². The van der Waals surface area contributed by atoms with Crippen LogP contribution in [0.1, 0.15) is 79.6 Å². The first kappa shape index (κ1) is 28.1. The van der Waals surface area contributed by atoms with E-state index in [0.29, 0.717) is 6.54 Å². The number of hydrogen-bond donors (Lipinski definition) is 2. The van der Waals surface area contributed by atoms with Crippen molar-refractivity contribution in [3.05, 3.63) is 108 Å². The molecule has 2 atom stereocenters. The highest BCUT2D eigenvalue weighted by atomic mass is 16.3. The van der Waals surface area contributed by atoms with Crippen molar-refractivity contribution in [1.29, 1.82) is 0 Å². The fourth-order valence-corrected chi connectivity index (χ4v) is 5.01. The Morgan fingerprint density at radius 3 is 2.32 bits per heavy atom. The number of nitrogens with one attached hydrogen (secondary N) is 1. The Kier molecular flexibility index (Phi) is 10.9. The average Bonchev–Trinajstić information content (AvgIpc) is 3.26. The molecule has 2 N–H and O–H groups in total. The Morgan fingerprint density at radius 2 is 1.73 bits per heavy atom. The van der Waals surface area contributed by atoms with Gasteiger partial charge >= 0.3 is 0 Å². The van der Waals surface area contributed by atoms with Crippen molar-refractivity contribution in [2.45, 2.75) is 65.0 Å². The number of rotatable bonds is 14. The van der Waals surface area contributed by atoms with Gasteiger partial charge in [-0.25, -0.2) is 4.98 Å². The monoisotopic (exact) mass is 499 g/mol. The lowest BCUT2D eigenvalue weighted by molar-refractivity contribution is -0.125. The van der Waals surface area contributed by atoms with Crippen LogP contribution in [-0.2, 0) is 11.3 Å². The van der Waals surface area contributed by atoms with Crippen molar-refractivity contribution in [2.75, 3.05) is 6.61 Å². The van der Waals surface area contributed by atoms with Crippen LogP contribution in [0.2, 0.25) is 0 Å². The number of imidazole rings is 1. The van der Waals surface area contributed by atoms with Crippen LogP contribution >= 0.6 is 0 Å². The van der Waals surface area contributed by atoms with Crippen molar-refractivity contribution in [2.24, 2.45) is 5.92 Å². The average molecular weight is 500 g/mol. The third kappa shape index (κ3) is 7.53. The van der Waals surface area contributed by atoms with E-state index in [-0.39, 0.29) is 24.3 Å². The standard InChI is InChI=1S/C32H41N3O2/c1-5-8-16-29-24(4)35(23-33-29)21-25-17-19-28(20-18-25)31(27(12-6-2)13-7-3)32(37)34-30(22-36)26-14-10-9-11-15-26/h5,8-11,14-20,23,27,30-31,36H,1,6-7,12-13,21-22H2,2-4H3,(H,34,37)/b16-8-/t30-,31?/m0/s1. The maximum atomic E-state index is 13.7. The molecule has 37 heavy (non-hydrogen) atoms. The molecule has 0 fully saturated rings. The second kappa shape index (κ2) is 14.3.